The summed E-state index contributed by atoms with van der Waals surface area (Å²) in [5, 5.41) is 0. The van der Waals surface area contributed by atoms with E-state index in [0.717, 1.165) is 0 Å². The highest BCUT2D eigenvalue weighted by molar-refractivity contribution is 6.33. The van der Waals surface area contributed by atoms with Crippen LogP contribution in [0.1, 0.15) is 0 Å². The molecule has 0 aromatic carbocycles. The van der Waals surface area contributed by atoms with Gasteiger partial charge in [-0.1, -0.05) is 0 Å². The number of carbonyl (C=O) groups excluding carboxylic acids is 2. The van der Waals surface area contributed by atoms with E-state index in [4.69, 9.17) is 7.85 Å². The molecule has 0 aliphatic heterocycles. The molecule has 0 saturated heterocycles. The van der Waals surface area contributed by atoms with Gasteiger partial charge >= 0.3 is 0 Å². The number of methoxy groups -OCH3 is 1. The Bertz CT molecular complexity index is 113. The van der Waals surface area contributed by atoms with E-state index in [1.165, 1.54) is 7.11 Å². The molecule has 0 heterocycles. The molecular formula is C5H7BO3. The first-order valence-electron chi connectivity index (χ1n) is 2.45. The molecule has 4 heteroatoms. The second-order valence-electron chi connectivity index (χ2n) is 1.56. The lowest BCUT2D eigenvalue weighted by Crippen LogP contribution is -2.15. The van der Waals surface area contributed by atoms with E-state index < -0.39 is 11.6 Å². The van der Waals surface area contributed by atoms with Crippen LogP contribution in [0, 0.1) is 0 Å². The third-order valence-corrected chi connectivity index (χ3v) is 0.805. The van der Waals surface area contributed by atoms with Crippen LogP contribution >= 0.6 is 0 Å². The predicted molar refractivity (Wildman–Crippen MR) is 32.5 cm³/mol. The van der Waals surface area contributed by atoms with Crippen molar-refractivity contribution in [2.45, 2.75) is 5.82 Å². The molecule has 3 nitrogen and oxygen atoms in total. The maximum absolute atomic E-state index is 10.5. The minimum absolute atomic E-state index is 0.0973. The van der Waals surface area contributed by atoms with Crippen molar-refractivity contribution >= 4 is 19.9 Å². The number of hydrogen-bond donors (Lipinski definition) is 0. The van der Waals surface area contributed by atoms with Crippen LogP contribution in [0.3, 0.4) is 0 Å². The molecule has 1 unspecified atom stereocenters. The molecule has 2 radical (unpaired) electrons. The van der Waals surface area contributed by atoms with Crippen LogP contribution in [0.15, 0.2) is 0 Å². The maximum Gasteiger partial charge on any atom is 0.159 e. The Balaban J connectivity index is 3.58. The van der Waals surface area contributed by atoms with Crippen molar-refractivity contribution in [2.75, 3.05) is 13.7 Å². The van der Waals surface area contributed by atoms with Gasteiger partial charge < -0.3 is 9.53 Å². The van der Waals surface area contributed by atoms with Gasteiger partial charge in [-0.25, -0.2) is 0 Å². The number of carbonyl (C=O) groups is 2. The molecule has 0 rings (SSSR count). The van der Waals surface area contributed by atoms with Crippen LogP contribution in [0.4, 0.5) is 0 Å². The molecule has 0 spiro atoms. The Kier molecular flexibility index (Phi) is 3.96. The summed E-state index contributed by atoms with van der Waals surface area (Å²) in [5.41, 5.74) is 0. The lowest BCUT2D eigenvalue weighted by atomic mass is 9.85. The fourth-order valence-corrected chi connectivity index (χ4v) is 0.314. The number of hydrogen-bond acceptors (Lipinski definition) is 3. The molecule has 48 valence electrons. The normalized spacial score (nSPS) is 12.6. The second kappa shape index (κ2) is 4.26. The van der Waals surface area contributed by atoms with Crippen molar-refractivity contribution in [1.29, 1.82) is 0 Å². The van der Waals surface area contributed by atoms with Gasteiger partial charge in [-0.05, 0) is 0 Å². The smallest absolute Gasteiger partial charge is 0.159 e. The zero-order valence-corrected chi connectivity index (χ0v) is 5.16. The molecule has 0 N–H and O–H groups in total. The number of ether oxygens (including phenoxy) is 1. The quantitative estimate of drug-likeness (QED) is 0.285. The van der Waals surface area contributed by atoms with Crippen LogP contribution in [0.5, 0.6) is 0 Å². The SMILES string of the molecule is [B]C(C=O)C(=O)COC. The zero-order valence-electron chi connectivity index (χ0n) is 5.16. The molecule has 0 saturated carbocycles. The second-order valence-corrected chi connectivity index (χ2v) is 1.56. The number of aldehydes is 1. The number of ketones is 1. The van der Waals surface area contributed by atoms with Crippen LogP contribution < -0.4 is 0 Å². The van der Waals surface area contributed by atoms with Crippen molar-refractivity contribution < 1.29 is 14.3 Å². The van der Waals surface area contributed by atoms with Gasteiger partial charge in [0.15, 0.2) is 5.78 Å². The number of Topliss-reactive ketones (excluding diaryl/α,β-unsaturated/α-hetero) is 1. The average Bonchev–Trinajstić information content (AvgIpc) is 1.87. The summed E-state index contributed by atoms with van der Waals surface area (Å²) in [7, 11) is 6.38. The minimum atomic E-state index is -1.02. The van der Waals surface area contributed by atoms with Gasteiger partial charge in [-0.15, -0.1) is 0 Å². The van der Waals surface area contributed by atoms with Gasteiger partial charge in [0.25, 0.3) is 0 Å². The van der Waals surface area contributed by atoms with Gasteiger partial charge in [0, 0.05) is 12.9 Å². The lowest BCUT2D eigenvalue weighted by molar-refractivity contribution is -0.125. The van der Waals surface area contributed by atoms with Gasteiger partial charge in [0.2, 0.25) is 0 Å². The molecule has 1 atom stereocenters. The first-order chi connectivity index (χ1) is 4.22. The van der Waals surface area contributed by atoms with Crippen LogP contribution in [-0.2, 0) is 14.3 Å². The molecule has 0 aliphatic carbocycles. The Hall–Kier alpha value is -0.635. The Morgan fingerprint density at radius 2 is 2.44 bits per heavy atom. The van der Waals surface area contributed by atoms with E-state index in [2.05, 4.69) is 4.74 Å². The number of rotatable bonds is 4. The molecule has 0 bridgehead atoms. The van der Waals surface area contributed by atoms with E-state index in [1.807, 2.05) is 0 Å². The van der Waals surface area contributed by atoms with Gasteiger partial charge in [-0.2, -0.15) is 0 Å². The fraction of sp³-hybridized carbons (Fsp3) is 0.600. The van der Waals surface area contributed by atoms with E-state index in [9.17, 15) is 9.59 Å². The third-order valence-electron chi connectivity index (χ3n) is 0.805. The Labute approximate surface area is 54.8 Å². The van der Waals surface area contributed by atoms with Crippen LogP contribution in [0.2, 0.25) is 5.82 Å². The topological polar surface area (TPSA) is 43.4 Å². The summed E-state index contributed by atoms with van der Waals surface area (Å²) in [5.74, 6) is -1.42. The average molecular weight is 126 g/mol. The largest absolute Gasteiger partial charge is 0.377 e. The van der Waals surface area contributed by atoms with E-state index >= 15 is 0 Å². The monoisotopic (exact) mass is 126 g/mol. The summed E-state index contributed by atoms with van der Waals surface area (Å²) in [6.45, 7) is -0.0973. The highest BCUT2D eigenvalue weighted by Gasteiger charge is 2.08. The summed E-state index contributed by atoms with van der Waals surface area (Å²) in [4.78, 5) is 20.3. The van der Waals surface area contributed by atoms with E-state index in [-0.39, 0.29) is 6.61 Å². The Morgan fingerprint density at radius 1 is 1.89 bits per heavy atom. The first-order valence-corrected chi connectivity index (χ1v) is 2.45. The standard InChI is InChI=1S/C5H7BO3/c1-9-3-5(8)4(6)2-7/h2,4H,3H2,1H3. The zero-order chi connectivity index (χ0) is 7.28. The predicted octanol–water partition coefficient (Wildman–Crippen LogP) is -0.642. The summed E-state index contributed by atoms with van der Waals surface area (Å²) >= 11 is 0. The van der Waals surface area contributed by atoms with E-state index in [0.29, 0.717) is 6.29 Å². The van der Waals surface area contributed by atoms with Crippen molar-refractivity contribution in [2.24, 2.45) is 0 Å². The molecule has 0 aromatic rings. The van der Waals surface area contributed by atoms with Crippen molar-refractivity contribution in [3.05, 3.63) is 0 Å². The van der Waals surface area contributed by atoms with Crippen LogP contribution in [0.25, 0.3) is 0 Å². The third kappa shape index (κ3) is 3.03. The highest BCUT2D eigenvalue weighted by Crippen LogP contribution is 1.93. The maximum atomic E-state index is 10.5. The molecule has 9 heavy (non-hydrogen) atoms. The summed E-state index contributed by atoms with van der Waals surface area (Å²) in [6.07, 6.45) is 0.390. The lowest BCUT2D eigenvalue weighted by Gasteiger charge is -1.98. The molecule has 0 aromatic heterocycles. The molecule has 0 fully saturated rings. The molecule has 0 amide bonds. The first kappa shape index (κ1) is 8.36. The van der Waals surface area contributed by atoms with Gasteiger partial charge in [0.05, 0.1) is 7.85 Å². The summed E-state index contributed by atoms with van der Waals surface area (Å²) in [6, 6.07) is 0. The fourth-order valence-electron chi connectivity index (χ4n) is 0.314. The summed E-state index contributed by atoms with van der Waals surface area (Å²) < 4.78 is 4.44. The van der Waals surface area contributed by atoms with Gasteiger partial charge in [-0.3, -0.25) is 4.79 Å². The van der Waals surface area contributed by atoms with Crippen molar-refractivity contribution in [3.8, 4) is 0 Å². The van der Waals surface area contributed by atoms with Crippen molar-refractivity contribution in [1.82, 2.24) is 0 Å². The Morgan fingerprint density at radius 3 is 2.78 bits per heavy atom. The molecule has 0 aliphatic rings. The minimum Gasteiger partial charge on any atom is -0.377 e. The van der Waals surface area contributed by atoms with Crippen LogP contribution in [-0.4, -0.2) is 33.6 Å². The highest BCUT2D eigenvalue weighted by atomic mass is 16.5. The van der Waals surface area contributed by atoms with Crippen molar-refractivity contribution in [3.63, 3.8) is 0 Å². The molecular weight excluding hydrogens is 119 g/mol. The van der Waals surface area contributed by atoms with Gasteiger partial charge in [0.1, 0.15) is 12.9 Å². The van der Waals surface area contributed by atoms with E-state index in [1.54, 1.807) is 0 Å².